The molecule has 0 aromatic heterocycles. The van der Waals surface area contributed by atoms with E-state index in [0.29, 0.717) is 39.6 Å². The number of hydrogen-bond donors (Lipinski definition) is 0. The van der Waals surface area contributed by atoms with Gasteiger partial charge in [0.2, 0.25) is 0 Å². The Morgan fingerprint density at radius 1 is 0.857 bits per heavy atom. The van der Waals surface area contributed by atoms with E-state index in [2.05, 4.69) is 80.8 Å². The molecule has 0 saturated carbocycles. The molecule has 4 nitrogen and oxygen atoms in total. The summed E-state index contributed by atoms with van der Waals surface area (Å²) in [7, 11) is 1.66. The monoisotopic (exact) mass is 632 g/mol. The van der Waals surface area contributed by atoms with Crippen molar-refractivity contribution in [2.24, 2.45) is 0 Å². The van der Waals surface area contributed by atoms with Crippen molar-refractivity contribution < 1.29 is 18.9 Å². The summed E-state index contributed by atoms with van der Waals surface area (Å²) in [4.78, 5) is 0. The van der Waals surface area contributed by atoms with Gasteiger partial charge in [-0.05, 0) is 86.3 Å². The van der Waals surface area contributed by atoms with Gasteiger partial charge in [-0.15, -0.1) is 0 Å². The van der Waals surface area contributed by atoms with Gasteiger partial charge in [-0.2, -0.15) is 0 Å². The fraction of sp³-hybridized carbons (Fsp3) is 0.571. The minimum atomic E-state index is 0.546. The molecule has 0 amide bonds. The van der Waals surface area contributed by atoms with E-state index in [1.165, 1.54) is 12.7 Å². The van der Waals surface area contributed by atoms with Crippen molar-refractivity contribution in [3.05, 3.63) is 22.3 Å². The van der Waals surface area contributed by atoms with Crippen molar-refractivity contribution in [1.82, 2.24) is 0 Å². The lowest BCUT2D eigenvalue weighted by Crippen LogP contribution is -2.13. The lowest BCUT2D eigenvalue weighted by molar-refractivity contribution is 0.0178. The topological polar surface area (TPSA) is 36.9 Å². The van der Waals surface area contributed by atoms with Gasteiger partial charge in [0.05, 0.1) is 40.2 Å². The third-order valence-corrected chi connectivity index (χ3v) is 5.86. The molecular weight excluding hydrogens is 613 g/mol. The van der Waals surface area contributed by atoms with E-state index in [1.807, 2.05) is 0 Å². The second-order valence-electron chi connectivity index (χ2n) is 4.17. The van der Waals surface area contributed by atoms with Crippen LogP contribution in [0.2, 0.25) is 0 Å². The molecule has 7 heteroatoms. The maximum atomic E-state index is 5.84. The first kappa shape index (κ1) is 20.1. The fourth-order valence-corrected chi connectivity index (χ4v) is 5.15. The molecule has 0 atom stereocenters. The van der Waals surface area contributed by atoms with Gasteiger partial charge < -0.3 is 18.9 Å². The first-order valence-electron chi connectivity index (χ1n) is 6.49. The number of hydrogen-bond acceptors (Lipinski definition) is 4. The van der Waals surface area contributed by atoms with Crippen LogP contribution in [0, 0.1) is 17.6 Å². The van der Waals surface area contributed by atoms with Gasteiger partial charge in [-0.1, -0.05) is 0 Å². The minimum absolute atomic E-state index is 0.546. The van der Waals surface area contributed by atoms with Crippen molar-refractivity contribution in [3.8, 4) is 5.75 Å². The number of benzene rings is 1. The second kappa shape index (κ2) is 11.6. The van der Waals surface area contributed by atoms with Gasteiger partial charge in [0, 0.05) is 10.7 Å². The van der Waals surface area contributed by atoms with E-state index in [0.717, 1.165) is 9.32 Å². The van der Waals surface area contributed by atoms with Gasteiger partial charge in [0.25, 0.3) is 0 Å². The fourth-order valence-electron chi connectivity index (χ4n) is 1.46. The van der Waals surface area contributed by atoms with Crippen LogP contribution in [0.5, 0.6) is 5.75 Å². The number of ether oxygens (including phenoxy) is 4. The van der Waals surface area contributed by atoms with Gasteiger partial charge >= 0.3 is 0 Å². The summed E-state index contributed by atoms with van der Waals surface area (Å²) < 4.78 is 25.1. The average Bonchev–Trinajstić information content (AvgIpc) is 2.46. The van der Waals surface area contributed by atoms with Crippen LogP contribution in [0.1, 0.15) is 5.56 Å². The minimum Gasteiger partial charge on any atom is -0.489 e. The van der Waals surface area contributed by atoms with Gasteiger partial charge in [0.1, 0.15) is 12.4 Å². The number of rotatable bonds is 10. The van der Waals surface area contributed by atoms with Crippen LogP contribution in [0.4, 0.5) is 0 Å². The summed E-state index contributed by atoms with van der Waals surface area (Å²) in [6, 6.07) is 2.14. The lowest BCUT2D eigenvalue weighted by Gasteiger charge is -2.13. The molecule has 0 aliphatic rings. The molecule has 0 spiro atoms. The maximum Gasteiger partial charge on any atom is 0.146 e. The van der Waals surface area contributed by atoms with Crippen LogP contribution in [0.3, 0.4) is 0 Å². The summed E-state index contributed by atoms with van der Waals surface area (Å²) in [5.41, 5.74) is 1.26. The Bertz CT molecular complexity index is 441. The van der Waals surface area contributed by atoms with Crippen LogP contribution in [0.25, 0.3) is 0 Å². The average molecular weight is 632 g/mol. The largest absolute Gasteiger partial charge is 0.489 e. The third-order valence-electron chi connectivity index (χ3n) is 2.64. The first-order valence-corrected chi connectivity index (χ1v) is 9.72. The highest BCUT2D eigenvalue weighted by molar-refractivity contribution is 14.1. The van der Waals surface area contributed by atoms with Crippen LogP contribution < -0.4 is 4.74 Å². The van der Waals surface area contributed by atoms with Gasteiger partial charge in [0.15, 0.2) is 0 Å². The molecule has 0 aliphatic carbocycles. The summed E-state index contributed by atoms with van der Waals surface area (Å²) in [6.45, 7) is 5.60. The Balaban J connectivity index is 2.23. The summed E-state index contributed by atoms with van der Waals surface area (Å²) in [5.74, 6) is 0.953. The molecule has 0 aliphatic heterocycles. The molecule has 0 radical (unpaired) electrons. The molecule has 1 aromatic rings. The van der Waals surface area contributed by atoms with E-state index >= 15 is 0 Å². The van der Waals surface area contributed by atoms with Crippen molar-refractivity contribution in [3.63, 3.8) is 0 Å². The molecular formula is C14H19I3O4. The number of halogens is 3. The Labute approximate surface area is 167 Å². The standard InChI is InChI=1S/C14H19I3O4/c1-10-11(15)9-12(16)14(13(10)17)21-8-7-20-6-5-19-4-3-18-2/h9H,3-8H2,1-2H3. The van der Waals surface area contributed by atoms with E-state index in [9.17, 15) is 0 Å². The normalized spacial score (nSPS) is 10.9. The smallest absolute Gasteiger partial charge is 0.146 e. The van der Waals surface area contributed by atoms with E-state index in [-0.39, 0.29) is 0 Å². The predicted molar refractivity (Wildman–Crippen MR) is 108 cm³/mol. The van der Waals surface area contributed by atoms with Crippen LogP contribution in [-0.4, -0.2) is 46.8 Å². The lowest BCUT2D eigenvalue weighted by atomic mass is 10.2. The molecule has 0 bridgehead atoms. The summed E-state index contributed by atoms with van der Waals surface area (Å²) >= 11 is 6.99. The quantitative estimate of drug-likeness (QED) is 0.291. The maximum absolute atomic E-state index is 5.84. The predicted octanol–water partition coefficient (Wildman–Crippen LogP) is 3.87. The third kappa shape index (κ3) is 7.46. The van der Waals surface area contributed by atoms with Crippen molar-refractivity contribution in [2.75, 3.05) is 46.8 Å². The van der Waals surface area contributed by atoms with Crippen molar-refractivity contribution in [1.29, 1.82) is 0 Å². The Morgan fingerprint density at radius 2 is 1.43 bits per heavy atom. The van der Waals surface area contributed by atoms with E-state index < -0.39 is 0 Å². The molecule has 120 valence electrons. The van der Waals surface area contributed by atoms with Crippen LogP contribution in [-0.2, 0) is 14.2 Å². The molecule has 21 heavy (non-hydrogen) atoms. The molecule has 0 unspecified atom stereocenters. The molecule has 0 fully saturated rings. The zero-order chi connectivity index (χ0) is 15.7. The van der Waals surface area contributed by atoms with Gasteiger partial charge in [-0.25, -0.2) is 0 Å². The molecule has 1 rings (SSSR count). The van der Waals surface area contributed by atoms with Crippen molar-refractivity contribution >= 4 is 67.8 Å². The Hall–Kier alpha value is 1.09. The summed E-state index contributed by atoms with van der Waals surface area (Å²) in [5, 5.41) is 0. The van der Waals surface area contributed by atoms with Crippen LogP contribution >= 0.6 is 67.8 Å². The highest BCUT2D eigenvalue weighted by atomic mass is 127. The van der Waals surface area contributed by atoms with Gasteiger partial charge in [-0.3, -0.25) is 0 Å². The molecule has 0 N–H and O–H groups in total. The van der Waals surface area contributed by atoms with Crippen LogP contribution in [0.15, 0.2) is 6.07 Å². The van der Waals surface area contributed by atoms with E-state index in [1.54, 1.807) is 7.11 Å². The zero-order valence-corrected chi connectivity index (χ0v) is 18.6. The molecule has 1 aromatic carbocycles. The Morgan fingerprint density at radius 3 is 2.05 bits per heavy atom. The Kier molecular flexibility index (Phi) is 11.1. The molecule has 0 heterocycles. The highest BCUT2D eigenvalue weighted by Gasteiger charge is 2.12. The SMILES string of the molecule is COCCOCCOCCOc1c(I)cc(I)c(C)c1I. The first-order chi connectivity index (χ1) is 10.1. The second-order valence-corrected chi connectivity index (χ2v) is 7.58. The van der Waals surface area contributed by atoms with E-state index in [4.69, 9.17) is 18.9 Å². The number of methoxy groups -OCH3 is 1. The zero-order valence-electron chi connectivity index (χ0n) is 12.1. The highest BCUT2D eigenvalue weighted by Crippen LogP contribution is 2.32. The van der Waals surface area contributed by atoms with Crippen molar-refractivity contribution in [2.45, 2.75) is 6.92 Å². The molecule has 0 saturated heterocycles. The summed E-state index contributed by atoms with van der Waals surface area (Å²) in [6.07, 6.45) is 0.